The predicted octanol–water partition coefficient (Wildman–Crippen LogP) is 3.47. The Bertz CT molecular complexity index is 870. The van der Waals surface area contributed by atoms with E-state index in [0.29, 0.717) is 17.2 Å². The summed E-state index contributed by atoms with van der Waals surface area (Å²) in [6.45, 7) is 1.39. The van der Waals surface area contributed by atoms with E-state index < -0.39 is 18.5 Å². The van der Waals surface area contributed by atoms with E-state index in [4.69, 9.17) is 18.9 Å². The number of esters is 1. The lowest BCUT2D eigenvalue weighted by Crippen LogP contribution is -2.31. The average molecular weight is 419 g/mol. The van der Waals surface area contributed by atoms with Crippen LogP contribution in [0.25, 0.3) is 0 Å². The Kier molecular flexibility index (Phi) is 8.21. The third-order valence-corrected chi connectivity index (χ3v) is 4.97. The molecule has 7 nitrogen and oxygen atoms in total. The number of nitrogens with one attached hydrogen (secondary N) is 1. The summed E-state index contributed by atoms with van der Waals surface area (Å²) >= 11 is 1.53. The van der Waals surface area contributed by atoms with Gasteiger partial charge in [0, 0.05) is 10.5 Å². The molecular formula is C21H25NO6S. The number of amides is 1. The Labute approximate surface area is 174 Å². The van der Waals surface area contributed by atoms with Gasteiger partial charge in [-0.15, -0.1) is 11.8 Å². The van der Waals surface area contributed by atoms with Gasteiger partial charge in [0.1, 0.15) is 22.8 Å². The van der Waals surface area contributed by atoms with E-state index in [1.165, 1.54) is 18.9 Å². The minimum Gasteiger partial charge on any atom is -0.497 e. The Morgan fingerprint density at radius 3 is 2.34 bits per heavy atom. The molecule has 2 aromatic carbocycles. The highest BCUT2D eigenvalue weighted by atomic mass is 32.2. The zero-order valence-corrected chi connectivity index (χ0v) is 17.9. The van der Waals surface area contributed by atoms with E-state index in [9.17, 15) is 9.59 Å². The Hall–Kier alpha value is -2.87. The summed E-state index contributed by atoms with van der Waals surface area (Å²) in [5.74, 6) is 0.603. The molecule has 156 valence electrons. The molecule has 8 heteroatoms. The largest absolute Gasteiger partial charge is 0.497 e. The molecule has 0 aliphatic heterocycles. The van der Waals surface area contributed by atoms with Gasteiger partial charge in [0.2, 0.25) is 0 Å². The SMILES string of the molecule is COc1ccc(OC)c([C@@H](C)NC(=O)COC(=O)c2ccc(SC)cc2OC)c1. The summed E-state index contributed by atoms with van der Waals surface area (Å²) in [4.78, 5) is 25.6. The van der Waals surface area contributed by atoms with E-state index in [0.717, 1.165) is 10.5 Å². The van der Waals surface area contributed by atoms with Gasteiger partial charge in [-0.3, -0.25) is 4.79 Å². The fourth-order valence-electron chi connectivity index (χ4n) is 2.71. The molecule has 0 saturated carbocycles. The number of rotatable bonds is 9. The second-order valence-corrected chi connectivity index (χ2v) is 6.92. The first-order valence-corrected chi connectivity index (χ1v) is 10.1. The summed E-state index contributed by atoms with van der Waals surface area (Å²) in [5, 5.41) is 2.79. The highest BCUT2D eigenvalue weighted by Crippen LogP contribution is 2.29. The molecule has 0 radical (unpaired) electrons. The highest BCUT2D eigenvalue weighted by Gasteiger charge is 2.19. The first-order valence-electron chi connectivity index (χ1n) is 8.83. The quantitative estimate of drug-likeness (QED) is 0.492. The Morgan fingerprint density at radius 2 is 1.72 bits per heavy atom. The molecule has 0 saturated heterocycles. The second-order valence-electron chi connectivity index (χ2n) is 6.04. The van der Waals surface area contributed by atoms with E-state index in [2.05, 4.69) is 5.32 Å². The summed E-state index contributed by atoms with van der Waals surface area (Å²) in [7, 11) is 4.59. The van der Waals surface area contributed by atoms with Crippen molar-refractivity contribution in [2.45, 2.75) is 17.9 Å². The van der Waals surface area contributed by atoms with Gasteiger partial charge >= 0.3 is 5.97 Å². The smallest absolute Gasteiger partial charge is 0.342 e. The third-order valence-electron chi connectivity index (χ3n) is 4.24. The van der Waals surface area contributed by atoms with Crippen LogP contribution < -0.4 is 19.5 Å². The molecule has 0 aromatic heterocycles. The maximum absolute atomic E-state index is 12.3. The molecule has 1 atom stereocenters. The number of benzene rings is 2. The lowest BCUT2D eigenvalue weighted by Gasteiger charge is -2.18. The molecule has 2 rings (SSSR count). The van der Waals surface area contributed by atoms with E-state index in [-0.39, 0.29) is 11.6 Å². The van der Waals surface area contributed by atoms with Crippen LogP contribution in [0.15, 0.2) is 41.3 Å². The van der Waals surface area contributed by atoms with Crippen molar-refractivity contribution < 1.29 is 28.5 Å². The Balaban J connectivity index is 2.00. The standard InChI is InChI=1S/C21H25NO6S/c1-13(17-10-14(25-2)6-9-18(17)26-3)22-20(23)12-28-21(24)16-8-7-15(29-5)11-19(16)27-4/h6-11,13H,12H2,1-5H3,(H,22,23)/t13-/m1/s1. The number of carbonyl (C=O) groups excluding carboxylic acids is 2. The van der Waals surface area contributed by atoms with Crippen molar-refractivity contribution in [1.29, 1.82) is 0 Å². The van der Waals surface area contributed by atoms with Crippen LogP contribution in [-0.2, 0) is 9.53 Å². The molecule has 0 aliphatic rings. The maximum Gasteiger partial charge on any atom is 0.342 e. The predicted molar refractivity (Wildman–Crippen MR) is 111 cm³/mol. The van der Waals surface area contributed by atoms with Gasteiger partial charge in [0.15, 0.2) is 6.61 Å². The molecule has 0 spiro atoms. The number of thioether (sulfide) groups is 1. The molecule has 29 heavy (non-hydrogen) atoms. The van der Waals surface area contributed by atoms with Crippen molar-refractivity contribution in [3.05, 3.63) is 47.5 Å². The molecule has 2 aromatic rings. The molecule has 1 amide bonds. The van der Waals surface area contributed by atoms with Crippen LogP contribution in [0.4, 0.5) is 0 Å². The van der Waals surface area contributed by atoms with Gasteiger partial charge in [-0.2, -0.15) is 0 Å². The van der Waals surface area contributed by atoms with Crippen LogP contribution in [0.5, 0.6) is 17.2 Å². The summed E-state index contributed by atoms with van der Waals surface area (Å²) in [6.07, 6.45) is 1.93. The topological polar surface area (TPSA) is 83.1 Å². The first kappa shape index (κ1) is 22.4. The monoisotopic (exact) mass is 419 g/mol. The molecule has 1 N–H and O–H groups in total. The molecule has 0 bridgehead atoms. The van der Waals surface area contributed by atoms with Gasteiger partial charge in [-0.1, -0.05) is 0 Å². The lowest BCUT2D eigenvalue weighted by molar-refractivity contribution is -0.124. The molecule has 0 fully saturated rings. The average Bonchev–Trinajstić information content (AvgIpc) is 2.76. The van der Waals surface area contributed by atoms with Crippen molar-refractivity contribution >= 4 is 23.6 Å². The van der Waals surface area contributed by atoms with Crippen LogP contribution in [0, 0.1) is 0 Å². The maximum atomic E-state index is 12.3. The number of carbonyl (C=O) groups is 2. The molecule has 0 aliphatic carbocycles. The fourth-order valence-corrected chi connectivity index (χ4v) is 3.14. The molecular weight excluding hydrogens is 394 g/mol. The normalized spacial score (nSPS) is 11.3. The van der Waals surface area contributed by atoms with Crippen LogP contribution in [0.3, 0.4) is 0 Å². The van der Waals surface area contributed by atoms with Crippen molar-refractivity contribution in [2.24, 2.45) is 0 Å². The zero-order chi connectivity index (χ0) is 21.4. The van der Waals surface area contributed by atoms with Gasteiger partial charge in [-0.05, 0) is 49.6 Å². The van der Waals surface area contributed by atoms with Crippen LogP contribution in [0.1, 0.15) is 28.9 Å². The van der Waals surface area contributed by atoms with Crippen molar-refractivity contribution in [2.75, 3.05) is 34.2 Å². The zero-order valence-electron chi connectivity index (χ0n) is 17.1. The van der Waals surface area contributed by atoms with Crippen LogP contribution in [0.2, 0.25) is 0 Å². The number of ether oxygens (including phenoxy) is 4. The molecule has 0 heterocycles. The van der Waals surface area contributed by atoms with Crippen LogP contribution in [-0.4, -0.2) is 46.1 Å². The number of hydrogen-bond acceptors (Lipinski definition) is 7. The minimum atomic E-state index is -0.628. The lowest BCUT2D eigenvalue weighted by atomic mass is 10.1. The summed E-state index contributed by atoms with van der Waals surface area (Å²) in [5.41, 5.74) is 1.02. The fraction of sp³-hybridized carbons (Fsp3) is 0.333. The van der Waals surface area contributed by atoms with Crippen LogP contribution >= 0.6 is 11.8 Å². The van der Waals surface area contributed by atoms with Gasteiger partial charge in [-0.25, -0.2) is 4.79 Å². The number of hydrogen-bond donors (Lipinski definition) is 1. The number of methoxy groups -OCH3 is 3. The van der Waals surface area contributed by atoms with E-state index in [1.54, 1.807) is 57.5 Å². The Morgan fingerprint density at radius 1 is 1.00 bits per heavy atom. The van der Waals surface area contributed by atoms with E-state index >= 15 is 0 Å². The van der Waals surface area contributed by atoms with Gasteiger partial charge < -0.3 is 24.3 Å². The summed E-state index contributed by atoms with van der Waals surface area (Å²) < 4.78 is 21.0. The highest BCUT2D eigenvalue weighted by molar-refractivity contribution is 7.98. The van der Waals surface area contributed by atoms with Gasteiger partial charge in [0.25, 0.3) is 5.91 Å². The third kappa shape index (κ3) is 5.80. The minimum absolute atomic E-state index is 0.264. The summed E-state index contributed by atoms with van der Waals surface area (Å²) in [6, 6.07) is 10.1. The van der Waals surface area contributed by atoms with Crippen molar-refractivity contribution in [3.63, 3.8) is 0 Å². The second kappa shape index (κ2) is 10.6. The van der Waals surface area contributed by atoms with Gasteiger partial charge in [0.05, 0.1) is 27.4 Å². The van der Waals surface area contributed by atoms with Crippen molar-refractivity contribution in [3.8, 4) is 17.2 Å². The molecule has 0 unspecified atom stereocenters. The van der Waals surface area contributed by atoms with Crippen molar-refractivity contribution in [1.82, 2.24) is 5.32 Å². The van der Waals surface area contributed by atoms with E-state index in [1.807, 2.05) is 6.26 Å². The first-order chi connectivity index (χ1) is 13.9.